The molecule has 1 unspecified atom stereocenters. The van der Waals surface area contributed by atoms with E-state index in [1.54, 1.807) is 7.11 Å². The van der Waals surface area contributed by atoms with Crippen LogP contribution in [0.15, 0.2) is 0 Å². The Labute approximate surface area is 124 Å². The molecular formula is C16H32N2O2. The molecule has 0 amide bonds. The summed E-state index contributed by atoms with van der Waals surface area (Å²) in [6.45, 7) is 12.7. The second-order valence-electron chi connectivity index (χ2n) is 7.25. The monoisotopic (exact) mass is 284 g/mol. The molecule has 1 aliphatic carbocycles. The molecule has 2 fully saturated rings. The Hall–Kier alpha value is -0.160. The number of ether oxygens (including phenoxy) is 2. The molecule has 20 heavy (non-hydrogen) atoms. The van der Waals surface area contributed by atoms with Gasteiger partial charge >= 0.3 is 0 Å². The van der Waals surface area contributed by atoms with Gasteiger partial charge in [0.15, 0.2) is 0 Å². The third-order valence-electron chi connectivity index (χ3n) is 4.84. The molecule has 118 valence electrons. The quantitative estimate of drug-likeness (QED) is 0.690. The van der Waals surface area contributed by atoms with Gasteiger partial charge in [-0.2, -0.15) is 0 Å². The van der Waals surface area contributed by atoms with Crippen LogP contribution in [0, 0.1) is 5.92 Å². The van der Waals surface area contributed by atoms with Gasteiger partial charge in [0.25, 0.3) is 0 Å². The fraction of sp³-hybridized carbons (Fsp3) is 1.00. The largest absolute Gasteiger partial charge is 0.382 e. The lowest BCUT2D eigenvalue weighted by Crippen LogP contribution is -2.68. The van der Waals surface area contributed by atoms with Gasteiger partial charge < -0.3 is 14.8 Å². The summed E-state index contributed by atoms with van der Waals surface area (Å²) in [5, 5.41) is 3.73. The van der Waals surface area contributed by atoms with E-state index in [0.29, 0.717) is 18.8 Å². The van der Waals surface area contributed by atoms with E-state index in [1.807, 2.05) is 0 Å². The van der Waals surface area contributed by atoms with E-state index in [1.165, 1.54) is 12.8 Å². The van der Waals surface area contributed by atoms with Crippen LogP contribution >= 0.6 is 0 Å². The summed E-state index contributed by atoms with van der Waals surface area (Å²) in [4.78, 5) is 2.71. The summed E-state index contributed by atoms with van der Waals surface area (Å²) in [5.41, 5.74) is 0.577. The van der Waals surface area contributed by atoms with Crippen molar-refractivity contribution in [2.45, 2.75) is 51.1 Å². The van der Waals surface area contributed by atoms with Crippen LogP contribution in [-0.4, -0.2) is 62.5 Å². The van der Waals surface area contributed by atoms with Crippen molar-refractivity contribution in [2.24, 2.45) is 5.92 Å². The smallest absolute Gasteiger partial charge is 0.0700 e. The lowest BCUT2D eigenvalue weighted by Gasteiger charge is -2.52. The first kappa shape index (κ1) is 16.2. The maximum atomic E-state index is 5.59. The Morgan fingerprint density at radius 1 is 1.15 bits per heavy atom. The molecule has 0 bridgehead atoms. The number of methoxy groups -OCH3 is 1. The minimum atomic E-state index is 0.227. The minimum absolute atomic E-state index is 0.227. The summed E-state index contributed by atoms with van der Waals surface area (Å²) in [6.07, 6.45) is 3.92. The van der Waals surface area contributed by atoms with Crippen molar-refractivity contribution in [1.82, 2.24) is 10.2 Å². The molecule has 1 N–H and O–H groups in total. The zero-order chi connectivity index (χ0) is 14.6. The van der Waals surface area contributed by atoms with Crippen LogP contribution in [0.2, 0.25) is 0 Å². The number of hydrogen-bond donors (Lipinski definition) is 1. The first-order valence-corrected chi connectivity index (χ1v) is 8.05. The van der Waals surface area contributed by atoms with Gasteiger partial charge in [0.2, 0.25) is 0 Å². The third-order valence-corrected chi connectivity index (χ3v) is 4.84. The first-order chi connectivity index (χ1) is 9.48. The maximum Gasteiger partial charge on any atom is 0.0700 e. The van der Waals surface area contributed by atoms with Crippen molar-refractivity contribution in [3.8, 4) is 0 Å². The molecule has 1 saturated carbocycles. The maximum absolute atomic E-state index is 5.59. The van der Waals surface area contributed by atoms with Crippen molar-refractivity contribution >= 4 is 0 Å². The molecule has 0 radical (unpaired) electrons. The number of piperazine rings is 1. The SMILES string of the molecule is COCCOCCCN1CC(C)(C)NCC1(C)C1CC1. The van der Waals surface area contributed by atoms with E-state index in [2.05, 4.69) is 31.0 Å². The Morgan fingerprint density at radius 2 is 1.90 bits per heavy atom. The fourth-order valence-corrected chi connectivity index (χ4v) is 3.29. The zero-order valence-corrected chi connectivity index (χ0v) is 13.7. The molecule has 1 heterocycles. The normalized spacial score (nSPS) is 30.6. The number of nitrogens with one attached hydrogen (secondary N) is 1. The highest BCUT2D eigenvalue weighted by molar-refractivity contribution is 5.06. The van der Waals surface area contributed by atoms with Crippen molar-refractivity contribution < 1.29 is 9.47 Å². The predicted octanol–water partition coefficient (Wildman–Crippen LogP) is 1.89. The predicted molar refractivity (Wildman–Crippen MR) is 82.1 cm³/mol. The van der Waals surface area contributed by atoms with Gasteiger partial charge in [0, 0.05) is 44.4 Å². The Kier molecular flexibility index (Phi) is 5.46. The van der Waals surface area contributed by atoms with Gasteiger partial charge in [-0.25, -0.2) is 0 Å². The molecule has 2 aliphatic rings. The molecular weight excluding hydrogens is 252 g/mol. The van der Waals surface area contributed by atoms with Crippen molar-refractivity contribution in [2.75, 3.05) is 46.6 Å². The van der Waals surface area contributed by atoms with Gasteiger partial charge in [-0.3, -0.25) is 4.90 Å². The van der Waals surface area contributed by atoms with Gasteiger partial charge in [-0.05, 0) is 46.0 Å². The molecule has 1 saturated heterocycles. The summed E-state index contributed by atoms with van der Waals surface area (Å²) in [6, 6.07) is 0. The highest BCUT2D eigenvalue weighted by Crippen LogP contribution is 2.44. The molecule has 0 aromatic carbocycles. The molecule has 1 aliphatic heterocycles. The van der Waals surface area contributed by atoms with E-state index in [0.717, 1.165) is 38.6 Å². The fourth-order valence-electron chi connectivity index (χ4n) is 3.29. The van der Waals surface area contributed by atoms with Gasteiger partial charge in [0.1, 0.15) is 0 Å². The molecule has 4 nitrogen and oxygen atoms in total. The van der Waals surface area contributed by atoms with E-state index in [4.69, 9.17) is 9.47 Å². The second-order valence-corrected chi connectivity index (χ2v) is 7.25. The summed E-state index contributed by atoms with van der Waals surface area (Å²) >= 11 is 0. The highest BCUT2D eigenvalue weighted by atomic mass is 16.5. The third kappa shape index (κ3) is 4.17. The number of nitrogens with zero attached hydrogens (tertiary/aromatic N) is 1. The van der Waals surface area contributed by atoms with Gasteiger partial charge in [-0.1, -0.05) is 0 Å². The standard InChI is InChI=1S/C16H32N2O2/c1-15(2)13-18(8-5-9-20-11-10-19-4)16(3,12-17-15)14-6-7-14/h14,17H,5-13H2,1-4H3. The summed E-state index contributed by atoms with van der Waals surface area (Å²) < 4.78 is 10.6. The highest BCUT2D eigenvalue weighted by Gasteiger charge is 2.49. The molecule has 2 rings (SSSR count). The Bertz CT molecular complexity index is 305. The molecule has 0 aromatic rings. The van der Waals surface area contributed by atoms with Crippen molar-refractivity contribution in [3.63, 3.8) is 0 Å². The molecule has 4 heteroatoms. The topological polar surface area (TPSA) is 33.7 Å². The number of hydrogen-bond acceptors (Lipinski definition) is 4. The van der Waals surface area contributed by atoms with Crippen LogP contribution in [-0.2, 0) is 9.47 Å². The van der Waals surface area contributed by atoms with Crippen molar-refractivity contribution in [3.05, 3.63) is 0 Å². The number of rotatable bonds is 8. The minimum Gasteiger partial charge on any atom is -0.382 e. The van der Waals surface area contributed by atoms with Gasteiger partial charge in [0.05, 0.1) is 13.2 Å². The Morgan fingerprint density at radius 3 is 2.55 bits per heavy atom. The van der Waals surface area contributed by atoms with Crippen LogP contribution in [0.4, 0.5) is 0 Å². The molecule has 0 spiro atoms. The summed E-state index contributed by atoms with van der Waals surface area (Å²) in [7, 11) is 1.72. The van der Waals surface area contributed by atoms with E-state index in [-0.39, 0.29) is 5.54 Å². The Balaban J connectivity index is 1.78. The van der Waals surface area contributed by atoms with Crippen LogP contribution in [0.5, 0.6) is 0 Å². The van der Waals surface area contributed by atoms with Crippen LogP contribution in [0.3, 0.4) is 0 Å². The van der Waals surface area contributed by atoms with Crippen LogP contribution < -0.4 is 5.32 Å². The average Bonchev–Trinajstić information content (AvgIpc) is 3.22. The van der Waals surface area contributed by atoms with Crippen LogP contribution in [0.1, 0.15) is 40.0 Å². The van der Waals surface area contributed by atoms with Gasteiger partial charge in [-0.15, -0.1) is 0 Å². The summed E-state index contributed by atoms with van der Waals surface area (Å²) in [5.74, 6) is 0.889. The average molecular weight is 284 g/mol. The molecule has 0 aromatic heterocycles. The second kappa shape index (κ2) is 6.73. The zero-order valence-electron chi connectivity index (χ0n) is 13.7. The first-order valence-electron chi connectivity index (χ1n) is 8.05. The lowest BCUT2D eigenvalue weighted by atomic mass is 9.86. The van der Waals surface area contributed by atoms with E-state index in [9.17, 15) is 0 Å². The van der Waals surface area contributed by atoms with Crippen LogP contribution in [0.25, 0.3) is 0 Å². The molecule has 1 atom stereocenters. The van der Waals surface area contributed by atoms with E-state index >= 15 is 0 Å². The van der Waals surface area contributed by atoms with E-state index < -0.39 is 0 Å². The van der Waals surface area contributed by atoms with Crippen molar-refractivity contribution in [1.29, 1.82) is 0 Å². The lowest BCUT2D eigenvalue weighted by molar-refractivity contribution is 0.00164.